The van der Waals surface area contributed by atoms with Gasteiger partial charge in [0.15, 0.2) is 0 Å². The van der Waals surface area contributed by atoms with Crippen molar-refractivity contribution in [2.75, 3.05) is 10.0 Å². The number of hydrogen-bond donors (Lipinski definition) is 2. The van der Waals surface area contributed by atoms with Crippen molar-refractivity contribution in [2.24, 2.45) is 0 Å². The molecule has 1 atom stereocenters. The summed E-state index contributed by atoms with van der Waals surface area (Å²) in [5.41, 5.74) is 1.92. The molecule has 1 unspecified atom stereocenters. The van der Waals surface area contributed by atoms with E-state index in [0.717, 1.165) is 11.4 Å². The third kappa shape index (κ3) is 5.20. The number of aryl methyl sites for hydroxylation is 2. The molecule has 3 aromatic rings. The highest BCUT2D eigenvalue weighted by Crippen LogP contribution is 2.28. The lowest BCUT2D eigenvalue weighted by Gasteiger charge is -2.16. The molecule has 0 aliphatic rings. The second-order valence-corrected chi connectivity index (χ2v) is 9.03. The number of carbonyl (C=O) groups excluding carboxylic acids is 1. The van der Waals surface area contributed by atoms with Crippen LogP contribution in [0.5, 0.6) is 0 Å². The standard InChI is InChI=1S/C20H19ClF2N4O3S/c1-11-6-12(2)27(25-11)13(3)20(28)24-19-5-4-16(10-18(19)21)26-31(29,30)17-8-14(22)7-15(23)9-17/h4-10,13,26H,1-3H3,(H,24,28). The molecule has 0 fully saturated rings. The minimum atomic E-state index is -4.25. The van der Waals surface area contributed by atoms with Crippen molar-refractivity contribution in [3.8, 4) is 0 Å². The van der Waals surface area contributed by atoms with Gasteiger partial charge < -0.3 is 5.32 Å². The van der Waals surface area contributed by atoms with Gasteiger partial charge in [0.05, 0.1) is 27.0 Å². The Morgan fingerprint density at radius 3 is 2.29 bits per heavy atom. The fraction of sp³-hybridized carbons (Fsp3) is 0.200. The first-order chi connectivity index (χ1) is 14.5. The van der Waals surface area contributed by atoms with Crippen LogP contribution in [0.3, 0.4) is 0 Å². The first kappa shape index (κ1) is 22.7. The van der Waals surface area contributed by atoms with E-state index >= 15 is 0 Å². The summed E-state index contributed by atoms with van der Waals surface area (Å²) in [6.07, 6.45) is 0. The summed E-state index contributed by atoms with van der Waals surface area (Å²) in [4.78, 5) is 12.0. The lowest BCUT2D eigenvalue weighted by atomic mass is 10.2. The Bertz CT molecular complexity index is 1240. The number of anilines is 2. The molecular weight excluding hydrogens is 450 g/mol. The minimum Gasteiger partial charge on any atom is -0.323 e. The molecule has 0 aliphatic heterocycles. The van der Waals surface area contributed by atoms with Gasteiger partial charge in [-0.05, 0) is 57.2 Å². The third-order valence-electron chi connectivity index (χ3n) is 4.42. The predicted molar refractivity (Wildman–Crippen MR) is 114 cm³/mol. The number of sulfonamides is 1. The number of nitrogens with one attached hydrogen (secondary N) is 2. The van der Waals surface area contributed by atoms with Gasteiger partial charge in [-0.15, -0.1) is 0 Å². The van der Waals surface area contributed by atoms with Crippen molar-refractivity contribution >= 4 is 38.9 Å². The molecule has 7 nitrogen and oxygen atoms in total. The molecule has 1 aromatic heterocycles. The zero-order valence-electron chi connectivity index (χ0n) is 16.8. The SMILES string of the molecule is Cc1cc(C)n(C(C)C(=O)Nc2ccc(NS(=O)(=O)c3cc(F)cc(F)c3)cc2Cl)n1. The second kappa shape index (κ2) is 8.64. The maximum Gasteiger partial charge on any atom is 0.262 e. The van der Waals surface area contributed by atoms with E-state index in [-0.39, 0.29) is 22.3 Å². The van der Waals surface area contributed by atoms with Crippen LogP contribution >= 0.6 is 11.6 Å². The zero-order valence-corrected chi connectivity index (χ0v) is 18.4. The maximum absolute atomic E-state index is 13.4. The molecule has 31 heavy (non-hydrogen) atoms. The first-order valence-electron chi connectivity index (χ1n) is 9.08. The quantitative estimate of drug-likeness (QED) is 0.559. The highest BCUT2D eigenvalue weighted by molar-refractivity contribution is 7.92. The van der Waals surface area contributed by atoms with Gasteiger partial charge in [-0.2, -0.15) is 5.10 Å². The molecule has 0 aliphatic carbocycles. The van der Waals surface area contributed by atoms with Gasteiger partial charge in [0.25, 0.3) is 10.0 Å². The number of carbonyl (C=O) groups is 1. The lowest BCUT2D eigenvalue weighted by Crippen LogP contribution is -2.25. The number of amides is 1. The molecule has 0 radical (unpaired) electrons. The molecule has 0 saturated heterocycles. The van der Waals surface area contributed by atoms with Crippen molar-refractivity contribution < 1.29 is 22.0 Å². The summed E-state index contributed by atoms with van der Waals surface area (Å²) >= 11 is 6.19. The van der Waals surface area contributed by atoms with Crippen LogP contribution in [0.4, 0.5) is 20.2 Å². The van der Waals surface area contributed by atoms with Gasteiger partial charge >= 0.3 is 0 Å². The normalized spacial score (nSPS) is 12.5. The summed E-state index contributed by atoms with van der Waals surface area (Å²) in [6.45, 7) is 5.34. The minimum absolute atomic E-state index is 0.0549. The Balaban J connectivity index is 1.76. The molecule has 2 N–H and O–H groups in total. The van der Waals surface area contributed by atoms with Crippen molar-refractivity contribution in [1.82, 2.24) is 9.78 Å². The zero-order chi connectivity index (χ0) is 22.9. The Labute approximate surface area is 183 Å². The van der Waals surface area contributed by atoms with Crippen molar-refractivity contribution in [2.45, 2.75) is 31.7 Å². The van der Waals surface area contributed by atoms with Crippen LogP contribution in [0, 0.1) is 25.5 Å². The van der Waals surface area contributed by atoms with Gasteiger partial charge in [0.1, 0.15) is 17.7 Å². The van der Waals surface area contributed by atoms with E-state index in [1.165, 1.54) is 18.2 Å². The largest absolute Gasteiger partial charge is 0.323 e. The number of aromatic nitrogens is 2. The van der Waals surface area contributed by atoms with Gasteiger partial charge in [-0.3, -0.25) is 14.2 Å². The molecule has 11 heteroatoms. The summed E-state index contributed by atoms with van der Waals surface area (Å²) in [5, 5.41) is 7.03. The van der Waals surface area contributed by atoms with Crippen LogP contribution in [0.25, 0.3) is 0 Å². The second-order valence-electron chi connectivity index (χ2n) is 6.94. The van der Waals surface area contributed by atoms with E-state index in [0.29, 0.717) is 18.2 Å². The van der Waals surface area contributed by atoms with Crippen LogP contribution in [-0.4, -0.2) is 24.1 Å². The Morgan fingerprint density at radius 1 is 1.10 bits per heavy atom. The number of benzene rings is 2. The van der Waals surface area contributed by atoms with Gasteiger partial charge in [0.2, 0.25) is 5.91 Å². The summed E-state index contributed by atoms with van der Waals surface area (Å²) in [7, 11) is -4.25. The van der Waals surface area contributed by atoms with Crippen molar-refractivity contribution in [3.63, 3.8) is 0 Å². The highest BCUT2D eigenvalue weighted by atomic mass is 35.5. The molecule has 164 valence electrons. The van der Waals surface area contributed by atoms with E-state index in [1.54, 1.807) is 11.6 Å². The molecule has 0 bridgehead atoms. The number of rotatable bonds is 6. The number of halogens is 3. The molecule has 3 rings (SSSR count). The summed E-state index contributed by atoms with van der Waals surface area (Å²) in [6, 6.07) is 7.26. The molecule has 0 saturated carbocycles. The lowest BCUT2D eigenvalue weighted by molar-refractivity contribution is -0.119. The average molecular weight is 469 g/mol. The molecule has 1 heterocycles. The van der Waals surface area contributed by atoms with Gasteiger partial charge in [-0.1, -0.05) is 11.6 Å². The van der Waals surface area contributed by atoms with E-state index in [4.69, 9.17) is 11.6 Å². The van der Waals surface area contributed by atoms with Crippen LogP contribution < -0.4 is 10.0 Å². The van der Waals surface area contributed by atoms with E-state index in [9.17, 15) is 22.0 Å². The predicted octanol–water partition coefficient (Wildman–Crippen LogP) is 4.43. The Morgan fingerprint density at radius 2 is 1.74 bits per heavy atom. The third-order valence-corrected chi connectivity index (χ3v) is 6.09. The van der Waals surface area contributed by atoms with Gasteiger partial charge in [-0.25, -0.2) is 17.2 Å². The highest BCUT2D eigenvalue weighted by Gasteiger charge is 2.20. The van der Waals surface area contributed by atoms with Gasteiger partial charge in [0, 0.05) is 11.8 Å². The monoisotopic (exact) mass is 468 g/mol. The van der Waals surface area contributed by atoms with Crippen LogP contribution in [0.1, 0.15) is 24.4 Å². The average Bonchev–Trinajstić information content (AvgIpc) is 3.00. The topological polar surface area (TPSA) is 93.1 Å². The Kier molecular flexibility index (Phi) is 6.33. The van der Waals surface area contributed by atoms with E-state index in [1.807, 2.05) is 19.9 Å². The Hall–Kier alpha value is -2.98. The first-order valence-corrected chi connectivity index (χ1v) is 10.9. The number of nitrogens with zero attached hydrogens (tertiary/aromatic N) is 2. The van der Waals surface area contributed by atoms with Crippen molar-refractivity contribution in [3.05, 3.63) is 70.5 Å². The molecule has 1 amide bonds. The molecular formula is C20H19ClF2N4O3S. The molecule has 2 aromatic carbocycles. The van der Waals surface area contributed by atoms with E-state index in [2.05, 4.69) is 15.1 Å². The fourth-order valence-corrected chi connectivity index (χ4v) is 4.28. The molecule has 0 spiro atoms. The maximum atomic E-state index is 13.4. The fourth-order valence-electron chi connectivity index (χ4n) is 2.96. The summed E-state index contributed by atoms with van der Waals surface area (Å²) in [5.74, 6) is -2.40. The number of hydrogen-bond acceptors (Lipinski definition) is 4. The van der Waals surface area contributed by atoms with Crippen LogP contribution in [0.2, 0.25) is 5.02 Å². The van der Waals surface area contributed by atoms with Crippen LogP contribution in [0.15, 0.2) is 47.4 Å². The smallest absolute Gasteiger partial charge is 0.262 e. The summed E-state index contributed by atoms with van der Waals surface area (Å²) < 4.78 is 55.3. The van der Waals surface area contributed by atoms with Crippen LogP contribution in [-0.2, 0) is 14.8 Å². The van der Waals surface area contributed by atoms with Crippen molar-refractivity contribution in [1.29, 1.82) is 0 Å². The van der Waals surface area contributed by atoms with E-state index < -0.39 is 32.6 Å².